The molecule has 0 amide bonds. The molecular weight excluding hydrogens is 322 g/mol. The van der Waals surface area contributed by atoms with Gasteiger partial charge < -0.3 is 5.10 Å². The first kappa shape index (κ1) is 14.9. The molecule has 25 heavy (non-hydrogen) atoms. The van der Waals surface area contributed by atoms with Crippen LogP contribution in [0.25, 0.3) is 28.2 Å². The van der Waals surface area contributed by atoms with Crippen LogP contribution in [-0.2, 0) is 0 Å². The van der Waals surface area contributed by atoms with E-state index in [0.29, 0.717) is 33.9 Å². The number of aromatic amines is 2. The molecular formula is C17H13N5O3. The highest BCUT2D eigenvalue weighted by Gasteiger charge is 2.21. The zero-order valence-electron chi connectivity index (χ0n) is 13.2. The number of nitrogens with zero attached hydrogens (tertiary/aromatic N) is 3. The third kappa shape index (κ3) is 2.31. The number of aryl methyl sites for hydroxylation is 1. The molecule has 0 aliphatic carbocycles. The number of rotatable bonds is 3. The molecule has 4 rings (SSSR count). The van der Waals surface area contributed by atoms with E-state index in [9.17, 15) is 14.9 Å². The first-order valence-electron chi connectivity index (χ1n) is 7.56. The van der Waals surface area contributed by atoms with Crippen LogP contribution in [0.4, 0.5) is 5.69 Å². The van der Waals surface area contributed by atoms with Crippen LogP contribution >= 0.6 is 0 Å². The number of fused-ring (bicyclic) bond motifs is 1. The lowest BCUT2D eigenvalue weighted by Crippen LogP contribution is -2.04. The number of benzene rings is 1. The number of imidazole rings is 1. The number of non-ortho nitro benzene ring substituents is 1. The van der Waals surface area contributed by atoms with Crippen LogP contribution in [0.15, 0.2) is 53.5 Å². The number of nitro groups is 1. The summed E-state index contributed by atoms with van der Waals surface area (Å²) < 4.78 is 1.84. The highest BCUT2D eigenvalue weighted by Crippen LogP contribution is 2.32. The summed E-state index contributed by atoms with van der Waals surface area (Å²) in [7, 11) is 0. The molecule has 0 saturated carbocycles. The van der Waals surface area contributed by atoms with Crippen molar-refractivity contribution in [3.8, 4) is 22.5 Å². The molecule has 1 aromatic carbocycles. The van der Waals surface area contributed by atoms with Crippen LogP contribution in [0.1, 0.15) is 5.69 Å². The van der Waals surface area contributed by atoms with Gasteiger partial charge in [0.25, 0.3) is 11.2 Å². The molecule has 124 valence electrons. The Balaban J connectivity index is 2.03. The van der Waals surface area contributed by atoms with Crippen molar-refractivity contribution in [3.63, 3.8) is 0 Å². The van der Waals surface area contributed by atoms with Gasteiger partial charge in [-0.25, -0.2) is 4.98 Å². The lowest BCUT2D eigenvalue weighted by Gasteiger charge is -2.04. The number of nitro benzene ring substituents is 1. The van der Waals surface area contributed by atoms with Gasteiger partial charge in [-0.15, -0.1) is 0 Å². The number of hydrogen-bond donors (Lipinski definition) is 2. The molecule has 0 aliphatic rings. The highest BCUT2D eigenvalue weighted by atomic mass is 16.6. The molecule has 8 nitrogen and oxygen atoms in total. The van der Waals surface area contributed by atoms with Gasteiger partial charge >= 0.3 is 0 Å². The first-order valence-corrected chi connectivity index (χ1v) is 7.56. The molecule has 0 aliphatic heterocycles. The molecule has 0 spiro atoms. The van der Waals surface area contributed by atoms with Gasteiger partial charge in [0.05, 0.1) is 21.9 Å². The molecule has 0 radical (unpaired) electrons. The summed E-state index contributed by atoms with van der Waals surface area (Å²) in [4.78, 5) is 27.3. The van der Waals surface area contributed by atoms with Crippen molar-refractivity contribution in [2.45, 2.75) is 6.92 Å². The smallest absolute Gasteiger partial charge is 0.273 e. The summed E-state index contributed by atoms with van der Waals surface area (Å²) in [5, 5.41) is 16.3. The van der Waals surface area contributed by atoms with Crippen molar-refractivity contribution >= 4 is 11.3 Å². The van der Waals surface area contributed by atoms with Crippen molar-refractivity contribution in [1.29, 1.82) is 0 Å². The second-order valence-electron chi connectivity index (χ2n) is 5.62. The molecule has 4 aromatic rings. The van der Waals surface area contributed by atoms with E-state index in [1.54, 1.807) is 19.1 Å². The molecule has 0 atom stereocenters. The van der Waals surface area contributed by atoms with E-state index in [0.717, 1.165) is 0 Å². The number of hydrogen-bond acceptors (Lipinski definition) is 4. The van der Waals surface area contributed by atoms with Crippen molar-refractivity contribution in [3.05, 3.63) is 74.8 Å². The second kappa shape index (κ2) is 5.45. The van der Waals surface area contributed by atoms with Gasteiger partial charge in [0.2, 0.25) is 0 Å². The van der Waals surface area contributed by atoms with E-state index in [1.165, 1.54) is 12.1 Å². The average Bonchev–Trinajstić information content (AvgIpc) is 3.15. The molecule has 8 heteroatoms. The largest absolute Gasteiger partial charge is 0.302 e. The average molecular weight is 335 g/mol. The fourth-order valence-electron chi connectivity index (χ4n) is 2.91. The van der Waals surface area contributed by atoms with E-state index in [4.69, 9.17) is 0 Å². The topological polar surface area (TPSA) is 109 Å². The predicted octanol–water partition coefficient (Wildman–Crippen LogP) is 2.90. The molecule has 3 aromatic heterocycles. The fraction of sp³-hybridized carbons (Fsp3) is 0.0588. The van der Waals surface area contributed by atoms with Crippen LogP contribution in [-0.4, -0.2) is 24.5 Å². The minimum Gasteiger partial charge on any atom is -0.302 e. The van der Waals surface area contributed by atoms with E-state index in [-0.39, 0.29) is 11.2 Å². The van der Waals surface area contributed by atoms with Crippen LogP contribution in [0.5, 0.6) is 0 Å². The summed E-state index contributed by atoms with van der Waals surface area (Å²) in [6, 6.07) is 11.7. The standard InChI is InChI=1S/C17H13N5O3/c1-10-14(17(23)20-19-10)16-15(18-13-4-2-3-9-21(13)16)11-5-7-12(8-6-11)22(24)25/h2-9H,1H3,(H2,19,20,23). The Kier molecular flexibility index (Phi) is 3.24. The van der Waals surface area contributed by atoms with Crippen LogP contribution < -0.4 is 5.56 Å². The quantitative estimate of drug-likeness (QED) is 0.443. The third-order valence-electron chi connectivity index (χ3n) is 4.08. The Morgan fingerprint density at radius 1 is 1.12 bits per heavy atom. The molecule has 0 saturated heterocycles. The maximum Gasteiger partial charge on any atom is 0.273 e. The SMILES string of the molecule is Cc1[nH][nH]c(=O)c1-c1c(-c2ccc([N+](=O)[O-])cc2)nc2ccccn12. The van der Waals surface area contributed by atoms with Crippen LogP contribution in [0, 0.1) is 17.0 Å². The number of aromatic nitrogens is 4. The maximum absolute atomic E-state index is 12.3. The number of nitrogens with one attached hydrogen (secondary N) is 2. The zero-order chi connectivity index (χ0) is 17.6. The monoisotopic (exact) mass is 335 g/mol. The lowest BCUT2D eigenvalue weighted by atomic mass is 10.1. The Morgan fingerprint density at radius 2 is 1.88 bits per heavy atom. The third-order valence-corrected chi connectivity index (χ3v) is 4.08. The van der Waals surface area contributed by atoms with Gasteiger partial charge in [0, 0.05) is 29.6 Å². The zero-order valence-corrected chi connectivity index (χ0v) is 13.2. The Hall–Kier alpha value is -3.68. The number of H-pyrrole nitrogens is 2. The van der Waals surface area contributed by atoms with Gasteiger partial charge in [-0.05, 0) is 31.2 Å². The highest BCUT2D eigenvalue weighted by molar-refractivity contribution is 5.82. The number of pyridine rings is 1. The normalized spacial score (nSPS) is 11.1. The summed E-state index contributed by atoms with van der Waals surface area (Å²) in [5.74, 6) is 0. The van der Waals surface area contributed by atoms with E-state index in [1.807, 2.05) is 28.8 Å². The Morgan fingerprint density at radius 3 is 2.52 bits per heavy atom. The van der Waals surface area contributed by atoms with Gasteiger partial charge in [-0.2, -0.15) is 0 Å². The van der Waals surface area contributed by atoms with Crippen molar-refractivity contribution in [2.75, 3.05) is 0 Å². The molecule has 3 heterocycles. The van der Waals surface area contributed by atoms with Crippen LogP contribution in [0.2, 0.25) is 0 Å². The molecule has 0 bridgehead atoms. The summed E-state index contributed by atoms with van der Waals surface area (Å²) in [5.41, 5.74) is 3.57. The molecule has 2 N–H and O–H groups in total. The van der Waals surface area contributed by atoms with E-state index in [2.05, 4.69) is 15.2 Å². The predicted molar refractivity (Wildman–Crippen MR) is 92.4 cm³/mol. The van der Waals surface area contributed by atoms with E-state index >= 15 is 0 Å². The summed E-state index contributed by atoms with van der Waals surface area (Å²) in [6.07, 6.45) is 1.83. The van der Waals surface area contributed by atoms with Gasteiger partial charge in [0.1, 0.15) is 5.65 Å². The second-order valence-corrected chi connectivity index (χ2v) is 5.62. The molecule has 0 fully saturated rings. The minimum absolute atomic E-state index is 0.00439. The molecule has 0 unspecified atom stereocenters. The van der Waals surface area contributed by atoms with E-state index < -0.39 is 4.92 Å². The Bertz CT molecular complexity index is 1150. The van der Waals surface area contributed by atoms with Crippen molar-refractivity contribution in [1.82, 2.24) is 19.6 Å². The van der Waals surface area contributed by atoms with Gasteiger partial charge in [-0.3, -0.25) is 24.4 Å². The fourth-order valence-corrected chi connectivity index (χ4v) is 2.91. The van der Waals surface area contributed by atoms with Crippen molar-refractivity contribution < 1.29 is 4.92 Å². The van der Waals surface area contributed by atoms with Crippen molar-refractivity contribution in [2.24, 2.45) is 0 Å². The van der Waals surface area contributed by atoms with Gasteiger partial charge in [-0.1, -0.05) is 6.07 Å². The lowest BCUT2D eigenvalue weighted by molar-refractivity contribution is -0.384. The van der Waals surface area contributed by atoms with Gasteiger partial charge in [0.15, 0.2) is 0 Å². The van der Waals surface area contributed by atoms with Crippen LogP contribution in [0.3, 0.4) is 0 Å². The Labute approximate surface area is 140 Å². The first-order chi connectivity index (χ1) is 12.1. The summed E-state index contributed by atoms with van der Waals surface area (Å²) in [6.45, 7) is 1.80. The minimum atomic E-state index is -0.449. The maximum atomic E-state index is 12.3. The summed E-state index contributed by atoms with van der Waals surface area (Å²) >= 11 is 0.